The molecule has 1 aromatic heterocycles. The molecular formula is C12H12ClF3N4O. The van der Waals surface area contributed by atoms with Gasteiger partial charge in [-0.05, 0) is 24.7 Å². The first-order chi connectivity index (χ1) is 9.90. The van der Waals surface area contributed by atoms with Crippen LogP contribution in [-0.2, 0) is 12.7 Å². The third-order valence-corrected chi connectivity index (χ3v) is 2.84. The molecule has 2 rings (SSSR count). The van der Waals surface area contributed by atoms with E-state index in [0.717, 1.165) is 18.7 Å². The first kappa shape index (κ1) is 15.6. The molecule has 2 aromatic rings. The SMILES string of the molecule is CCNCc1nnc(Nc2ccc(C(F)(F)F)cc2Cl)o1. The van der Waals surface area contributed by atoms with Crippen LogP contribution in [-0.4, -0.2) is 16.7 Å². The summed E-state index contributed by atoms with van der Waals surface area (Å²) in [4.78, 5) is 0. The van der Waals surface area contributed by atoms with Crippen molar-refractivity contribution in [2.75, 3.05) is 11.9 Å². The fraction of sp³-hybridized carbons (Fsp3) is 0.333. The van der Waals surface area contributed by atoms with Crippen molar-refractivity contribution in [3.8, 4) is 0 Å². The van der Waals surface area contributed by atoms with Crippen molar-refractivity contribution >= 4 is 23.3 Å². The fourth-order valence-electron chi connectivity index (χ4n) is 1.52. The second kappa shape index (κ2) is 6.31. The Labute approximate surface area is 123 Å². The van der Waals surface area contributed by atoms with Crippen LogP contribution in [0.1, 0.15) is 18.4 Å². The maximum atomic E-state index is 12.5. The van der Waals surface area contributed by atoms with E-state index in [1.165, 1.54) is 6.07 Å². The van der Waals surface area contributed by atoms with Crippen LogP contribution in [0.5, 0.6) is 0 Å². The van der Waals surface area contributed by atoms with Gasteiger partial charge in [-0.15, -0.1) is 5.10 Å². The van der Waals surface area contributed by atoms with E-state index in [0.29, 0.717) is 12.4 Å². The van der Waals surface area contributed by atoms with Crippen molar-refractivity contribution in [2.24, 2.45) is 0 Å². The minimum Gasteiger partial charge on any atom is -0.406 e. The molecule has 114 valence electrons. The highest BCUT2D eigenvalue weighted by Crippen LogP contribution is 2.34. The van der Waals surface area contributed by atoms with Crippen LogP contribution in [0.4, 0.5) is 24.9 Å². The molecule has 0 aliphatic rings. The molecule has 9 heteroatoms. The Kier molecular flexibility index (Phi) is 4.69. The minimum absolute atomic E-state index is 0.0598. The molecule has 0 atom stereocenters. The Morgan fingerprint density at radius 3 is 2.67 bits per heavy atom. The largest absolute Gasteiger partial charge is 0.416 e. The number of anilines is 2. The van der Waals surface area contributed by atoms with Crippen molar-refractivity contribution in [2.45, 2.75) is 19.6 Å². The van der Waals surface area contributed by atoms with Gasteiger partial charge in [0.15, 0.2) is 0 Å². The third-order valence-electron chi connectivity index (χ3n) is 2.53. The molecule has 0 unspecified atom stereocenters. The van der Waals surface area contributed by atoms with Gasteiger partial charge in [-0.1, -0.05) is 23.6 Å². The molecule has 0 aliphatic carbocycles. The van der Waals surface area contributed by atoms with Gasteiger partial charge in [-0.3, -0.25) is 0 Å². The lowest BCUT2D eigenvalue weighted by Crippen LogP contribution is -2.11. The summed E-state index contributed by atoms with van der Waals surface area (Å²) in [6.45, 7) is 3.08. The number of nitrogens with one attached hydrogen (secondary N) is 2. The average molecular weight is 321 g/mol. The van der Waals surface area contributed by atoms with Gasteiger partial charge in [-0.25, -0.2) is 0 Å². The number of hydrogen-bond acceptors (Lipinski definition) is 5. The van der Waals surface area contributed by atoms with E-state index in [4.69, 9.17) is 16.0 Å². The molecule has 0 saturated heterocycles. The van der Waals surface area contributed by atoms with Gasteiger partial charge in [0.1, 0.15) is 0 Å². The number of benzene rings is 1. The molecule has 0 saturated carbocycles. The number of aromatic nitrogens is 2. The Balaban J connectivity index is 2.11. The molecule has 0 aliphatic heterocycles. The van der Waals surface area contributed by atoms with Gasteiger partial charge < -0.3 is 15.1 Å². The second-order valence-corrected chi connectivity index (χ2v) is 4.51. The molecule has 5 nitrogen and oxygen atoms in total. The van der Waals surface area contributed by atoms with Crippen LogP contribution < -0.4 is 10.6 Å². The fourth-order valence-corrected chi connectivity index (χ4v) is 1.74. The summed E-state index contributed by atoms with van der Waals surface area (Å²) >= 11 is 5.81. The van der Waals surface area contributed by atoms with Crippen LogP contribution >= 0.6 is 11.6 Å². The van der Waals surface area contributed by atoms with E-state index in [-0.39, 0.29) is 16.7 Å². The summed E-state index contributed by atoms with van der Waals surface area (Å²) < 4.78 is 42.8. The van der Waals surface area contributed by atoms with Crippen molar-refractivity contribution in [3.05, 3.63) is 34.7 Å². The predicted octanol–water partition coefficient (Wildman–Crippen LogP) is 3.59. The van der Waals surface area contributed by atoms with E-state index < -0.39 is 11.7 Å². The summed E-state index contributed by atoms with van der Waals surface area (Å²) in [7, 11) is 0. The highest BCUT2D eigenvalue weighted by Gasteiger charge is 2.30. The monoisotopic (exact) mass is 320 g/mol. The molecule has 0 amide bonds. The van der Waals surface area contributed by atoms with E-state index in [2.05, 4.69) is 20.8 Å². The zero-order valence-corrected chi connectivity index (χ0v) is 11.7. The zero-order chi connectivity index (χ0) is 15.5. The zero-order valence-electron chi connectivity index (χ0n) is 11.0. The maximum Gasteiger partial charge on any atom is 0.416 e. The highest BCUT2D eigenvalue weighted by molar-refractivity contribution is 6.33. The van der Waals surface area contributed by atoms with Gasteiger partial charge in [0.25, 0.3) is 0 Å². The number of hydrogen-bond donors (Lipinski definition) is 2. The van der Waals surface area contributed by atoms with Gasteiger partial charge in [0.2, 0.25) is 5.89 Å². The molecular weight excluding hydrogens is 309 g/mol. The molecule has 1 aromatic carbocycles. The summed E-state index contributed by atoms with van der Waals surface area (Å²) in [6.07, 6.45) is -4.44. The van der Waals surface area contributed by atoms with Gasteiger partial charge >= 0.3 is 12.2 Å². The number of alkyl halides is 3. The highest BCUT2D eigenvalue weighted by atomic mass is 35.5. The summed E-state index contributed by atoms with van der Waals surface area (Å²) in [5.74, 6) is 0.363. The molecule has 2 N–H and O–H groups in total. The lowest BCUT2D eigenvalue weighted by Gasteiger charge is -2.09. The van der Waals surface area contributed by atoms with Crippen LogP contribution in [0, 0.1) is 0 Å². The van der Waals surface area contributed by atoms with Gasteiger partial charge in [0.05, 0.1) is 22.8 Å². The van der Waals surface area contributed by atoms with Crippen LogP contribution in [0.15, 0.2) is 22.6 Å². The summed E-state index contributed by atoms with van der Waals surface area (Å²) in [6, 6.07) is 3.02. The maximum absolute atomic E-state index is 12.5. The van der Waals surface area contributed by atoms with Crippen LogP contribution in [0.3, 0.4) is 0 Å². The second-order valence-electron chi connectivity index (χ2n) is 4.10. The molecule has 0 spiro atoms. The summed E-state index contributed by atoms with van der Waals surface area (Å²) in [5, 5.41) is 13.1. The van der Waals surface area contributed by atoms with E-state index in [1.807, 2.05) is 6.92 Å². The number of nitrogens with zero attached hydrogens (tertiary/aromatic N) is 2. The van der Waals surface area contributed by atoms with E-state index >= 15 is 0 Å². The first-order valence-corrected chi connectivity index (χ1v) is 6.45. The molecule has 1 heterocycles. The average Bonchev–Trinajstić information content (AvgIpc) is 2.85. The van der Waals surface area contributed by atoms with Crippen LogP contribution in [0.2, 0.25) is 5.02 Å². The lowest BCUT2D eigenvalue weighted by molar-refractivity contribution is -0.137. The van der Waals surface area contributed by atoms with Crippen molar-refractivity contribution in [1.29, 1.82) is 0 Å². The first-order valence-electron chi connectivity index (χ1n) is 6.07. The lowest BCUT2D eigenvalue weighted by atomic mass is 10.2. The smallest absolute Gasteiger partial charge is 0.406 e. The molecule has 0 bridgehead atoms. The topological polar surface area (TPSA) is 63.0 Å². The minimum atomic E-state index is -4.44. The summed E-state index contributed by atoms with van der Waals surface area (Å²) in [5.41, 5.74) is -0.570. The van der Waals surface area contributed by atoms with E-state index in [9.17, 15) is 13.2 Å². The Bertz CT molecular complexity index is 615. The number of rotatable bonds is 5. The van der Waals surface area contributed by atoms with Gasteiger partial charge in [-0.2, -0.15) is 13.2 Å². The Morgan fingerprint density at radius 2 is 2.05 bits per heavy atom. The van der Waals surface area contributed by atoms with E-state index in [1.54, 1.807) is 0 Å². The molecule has 0 fully saturated rings. The standard InChI is InChI=1S/C12H12ClF3N4O/c1-2-17-6-10-19-20-11(21-10)18-9-4-3-7(5-8(9)13)12(14,15)16/h3-5,17H,2,6H2,1H3,(H,18,20). The number of halogens is 4. The normalized spacial score (nSPS) is 11.7. The molecule has 21 heavy (non-hydrogen) atoms. The Morgan fingerprint density at radius 1 is 1.29 bits per heavy atom. The van der Waals surface area contributed by atoms with Crippen LogP contribution in [0.25, 0.3) is 0 Å². The van der Waals surface area contributed by atoms with Crippen molar-refractivity contribution in [1.82, 2.24) is 15.5 Å². The Hall–Kier alpha value is -1.80. The quantitative estimate of drug-likeness (QED) is 0.881. The van der Waals surface area contributed by atoms with Crippen molar-refractivity contribution in [3.63, 3.8) is 0 Å². The predicted molar refractivity (Wildman–Crippen MR) is 71.4 cm³/mol. The molecule has 0 radical (unpaired) electrons. The van der Waals surface area contributed by atoms with Gasteiger partial charge in [0, 0.05) is 0 Å². The third kappa shape index (κ3) is 4.08. The van der Waals surface area contributed by atoms with Crippen molar-refractivity contribution < 1.29 is 17.6 Å².